The fraction of sp³-hybridized carbons (Fsp3) is 0.619. The number of nitrogens with zero attached hydrogens (tertiary/aromatic N) is 2. The number of carbonyl (C=O) groups is 1. The van der Waals surface area contributed by atoms with Crippen molar-refractivity contribution in [2.75, 3.05) is 0 Å². The second kappa shape index (κ2) is 7.91. The molecule has 4 heteroatoms. The van der Waals surface area contributed by atoms with Gasteiger partial charge in [0.25, 0.3) is 5.91 Å². The van der Waals surface area contributed by atoms with Gasteiger partial charge in [-0.3, -0.25) is 4.79 Å². The minimum Gasteiger partial charge on any atom is -0.349 e. The molecule has 134 valence electrons. The molecule has 2 aliphatic rings. The van der Waals surface area contributed by atoms with Crippen molar-refractivity contribution in [2.45, 2.75) is 83.7 Å². The standard InChI is InChI=1S/C21H29N3O/c1-15-12-17(16(2)24(15)20-10-6-7-11-20)13-18(14-22)21(25)23-19-8-4-3-5-9-19/h12-13,19-20H,3-11H2,1-2H3,(H,23,25). The number of aryl methyl sites for hydroxylation is 1. The Labute approximate surface area is 150 Å². The zero-order valence-corrected chi connectivity index (χ0v) is 15.5. The van der Waals surface area contributed by atoms with Gasteiger partial charge < -0.3 is 9.88 Å². The Morgan fingerprint density at radius 3 is 2.44 bits per heavy atom. The molecule has 0 aliphatic heterocycles. The third kappa shape index (κ3) is 3.98. The molecule has 0 unspecified atom stereocenters. The highest BCUT2D eigenvalue weighted by Gasteiger charge is 2.22. The minimum atomic E-state index is -0.222. The van der Waals surface area contributed by atoms with Crippen LogP contribution in [0.1, 0.15) is 80.8 Å². The van der Waals surface area contributed by atoms with Crippen LogP contribution in [0.15, 0.2) is 11.6 Å². The number of amides is 1. The molecule has 4 nitrogen and oxygen atoms in total. The van der Waals surface area contributed by atoms with E-state index < -0.39 is 0 Å². The normalized spacial score (nSPS) is 19.8. The Morgan fingerprint density at radius 1 is 1.16 bits per heavy atom. The Hall–Kier alpha value is -2.02. The van der Waals surface area contributed by atoms with Crippen molar-refractivity contribution in [3.05, 3.63) is 28.6 Å². The van der Waals surface area contributed by atoms with Gasteiger partial charge in [0.1, 0.15) is 11.6 Å². The molecule has 1 heterocycles. The first-order valence-corrected chi connectivity index (χ1v) is 9.71. The van der Waals surface area contributed by atoms with E-state index in [9.17, 15) is 10.1 Å². The molecule has 2 fully saturated rings. The predicted octanol–water partition coefficient (Wildman–Crippen LogP) is 4.58. The lowest BCUT2D eigenvalue weighted by molar-refractivity contribution is -0.117. The summed E-state index contributed by atoms with van der Waals surface area (Å²) in [6, 6.07) is 5.01. The first-order chi connectivity index (χ1) is 12.1. The molecule has 3 rings (SSSR count). The number of carbonyl (C=O) groups excluding carboxylic acids is 1. The number of hydrogen-bond donors (Lipinski definition) is 1. The van der Waals surface area contributed by atoms with Crippen LogP contribution in [0.2, 0.25) is 0 Å². The maximum absolute atomic E-state index is 12.5. The van der Waals surface area contributed by atoms with Gasteiger partial charge in [0.05, 0.1) is 0 Å². The van der Waals surface area contributed by atoms with E-state index in [1.165, 1.54) is 56.3 Å². The highest BCUT2D eigenvalue weighted by Crippen LogP contribution is 2.33. The van der Waals surface area contributed by atoms with Gasteiger partial charge in [0, 0.05) is 23.5 Å². The number of nitrogens with one attached hydrogen (secondary N) is 1. The van der Waals surface area contributed by atoms with E-state index in [-0.39, 0.29) is 17.5 Å². The predicted molar refractivity (Wildman–Crippen MR) is 100 cm³/mol. The average Bonchev–Trinajstić information content (AvgIpc) is 3.21. The van der Waals surface area contributed by atoms with Gasteiger partial charge in [-0.2, -0.15) is 5.26 Å². The molecule has 1 aromatic heterocycles. The van der Waals surface area contributed by atoms with Crippen molar-refractivity contribution >= 4 is 12.0 Å². The van der Waals surface area contributed by atoms with Crippen molar-refractivity contribution in [3.8, 4) is 6.07 Å². The number of nitriles is 1. The minimum absolute atomic E-state index is 0.220. The summed E-state index contributed by atoms with van der Waals surface area (Å²) in [5.74, 6) is -0.222. The molecule has 1 amide bonds. The van der Waals surface area contributed by atoms with Crippen LogP contribution < -0.4 is 5.32 Å². The van der Waals surface area contributed by atoms with Crippen molar-refractivity contribution in [3.63, 3.8) is 0 Å². The van der Waals surface area contributed by atoms with E-state index in [4.69, 9.17) is 0 Å². The summed E-state index contributed by atoms with van der Waals surface area (Å²) in [4.78, 5) is 12.5. The topological polar surface area (TPSA) is 57.8 Å². The molecule has 0 atom stereocenters. The highest BCUT2D eigenvalue weighted by atomic mass is 16.1. The largest absolute Gasteiger partial charge is 0.349 e. The lowest BCUT2D eigenvalue weighted by Crippen LogP contribution is -2.36. The fourth-order valence-corrected chi connectivity index (χ4v) is 4.49. The number of rotatable bonds is 4. The van der Waals surface area contributed by atoms with Gasteiger partial charge in [-0.15, -0.1) is 0 Å². The third-order valence-corrected chi connectivity index (χ3v) is 5.82. The first kappa shape index (κ1) is 17.8. The van der Waals surface area contributed by atoms with Crippen molar-refractivity contribution in [1.82, 2.24) is 9.88 Å². The van der Waals surface area contributed by atoms with Gasteiger partial charge >= 0.3 is 0 Å². The van der Waals surface area contributed by atoms with E-state index >= 15 is 0 Å². The first-order valence-electron chi connectivity index (χ1n) is 9.71. The maximum atomic E-state index is 12.5. The smallest absolute Gasteiger partial charge is 0.262 e. The molecule has 2 aliphatic carbocycles. The van der Waals surface area contributed by atoms with E-state index in [1.807, 2.05) is 0 Å². The molecule has 0 radical (unpaired) electrons. The quantitative estimate of drug-likeness (QED) is 0.645. The molecule has 0 bridgehead atoms. The van der Waals surface area contributed by atoms with Crippen LogP contribution in [0.3, 0.4) is 0 Å². The summed E-state index contributed by atoms with van der Waals surface area (Å²) < 4.78 is 2.40. The molecule has 1 aromatic rings. The highest BCUT2D eigenvalue weighted by molar-refractivity contribution is 6.02. The molecule has 0 spiro atoms. The molecule has 1 N–H and O–H groups in total. The lowest BCUT2D eigenvalue weighted by Gasteiger charge is -2.22. The Kier molecular flexibility index (Phi) is 5.63. The van der Waals surface area contributed by atoms with Gasteiger partial charge in [-0.05, 0) is 57.2 Å². The summed E-state index contributed by atoms with van der Waals surface area (Å²) in [7, 11) is 0. The van der Waals surface area contributed by atoms with E-state index in [0.717, 1.165) is 18.4 Å². The van der Waals surface area contributed by atoms with Crippen LogP contribution in [-0.4, -0.2) is 16.5 Å². The van der Waals surface area contributed by atoms with E-state index in [2.05, 4.69) is 35.9 Å². The number of hydrogen-bond acceptors (Lipinski definition) is 2. The fourth-order valence-electron chi connectivity index (χ4n) is 4.49. The molecule has 0 aromatic carbocycles. The maximum Gasteiger partial charge on any atom is 0.262 e. The van der Waals surface area contributed by atoms with Gasteiger partial charge in [0.2, 0.25) is 0 Å². The van der Waals surface area contributed by atoms with Crippen LogP contribution in [0.5, 0.6) is 0 Å². The molecule has 25 heavy (non-hydrogen) atoms. The second-order valence-electron chi connectivity index (χ2n) is 7.61. The third-order valence-electron chi connectivity index (χ3n) is 5.82. The summed E-state index contributed by atoms with van der Waals surface area (Å²) in [5, 5.41) is 12.5. The lowest BCUT2D eigenvalue weighted by atomic mass is 9.95. The Morgan fingerprint density at radius 2 is 1.80 bits per heavy atom. The van der Waals surface area contributed by atoms with Crippen LogP contribution in [-0.2, 0) is 4.79 Å². The average molecular weight is 339 g/mol. The zero-order chi connectivity index (χ0) is 17.8. The summed E-state index contributed by atoms with van der Waals surface area (Å²) in [5.41, 5.74) is 3.61. The Bertz CT molecular complexity index is 695. The van der Waals surface area contributed by atoms with E-state index in [0.29, 0.717) is 6.04 Å². The van der Waals surface area contributed by atoms with Crippen molar-refractivity contribution in [1.29, 1.82) is 5.26 Å². The zero-order valence-electron chi connectivity index (χ0n) is 15.5. The summed E-state index contributed by atoms with van der Waals surface area (Å²) >= 11 is 0. The van der Waals surface area contributed by atoms with Crippen LogP contribution in [0.4, 0.5) is 0 Å². The van der Waals surface area contributed by atoms with Crippen molar-refractivity contribution < 1.29 is 4.79 Å². The van der Waals surface area contributed by atoms with Gasteiger partial charge in [0.15, 0.2) is 0 Å². The molecular weight excluding hydrogens is 310 g/mol. The van der Waals surface area contributed by atoms with Gasteiger partial charge in [-0.1, -0.05) is 32.1 Å². The summed E-state index contributed by atoms with van der Waals surface area (Å²) in [6.07, 6.45) is 12.5. The van der Waals surface area contributed by atoms with Gasteiger partial charge in [-0.25, -0.2) is 0 Å². The number of aromatic nitrogens is 1. The van der Waals surface area contributed by atoms with Crippen LogP contribution in [0.25, 0.3) is 6.08 Å². The van der Waals surface area contributed by atoms with Crippen LogP contribution >= 0.6 is 0 Å². The van der Waals surface area contributed by atoms with Crippen molar-refractivity contribution in [2.24, 2.45) is 0 Å². The Balaban J connectivity index is 1.78. The van der Waals surface area contributed by atoms with E-state index in [1.54, 1.807) is 6.08 Å². The monoisotopic (exact) mass is 339 g/mol. The van der Waals surface area contributed by atoms with Crippen LogP contribution in [0, 0.1) is 25.2 Å². The SMILES string of the molecule is Cc1cc(C=C(C#N)C(=O)NC2CCCCC2)c(C)n1C1CCCC1. The molecular formula is C21H29N3O. The second-order valence-corrected chi connectivity index (χ2v) is 7.61. The molecule has 0 saturated heterocycles. The summed E-state index contributed by atoms with van der Waals surface area (Å²) in [6.45, 7) is 4.22. The molecule has 2 saturated carbocycles.